The van der Waals surface area contributed by atoms with E-state index in [1.54, 1.807) is 6.07 Å². The number of hydrogen-bond donors (Lipinski definition) is 1. The Kier molecular flexibility index (Phi) is 3.49. The Morgan fingerprint density at radius 3 is 2.82 bits per heavy atom. The molecule has 2 rings (SSSR count). The maximum atomic E-state index is 11.8. The number of benzene rings is 1. The predicted octanol–water partition coefficient (Wildman–Crippen LogP) is 2.41. The van der Waals surface area contributed by atoms with Crippen molar-refractivity contribution in [3.05, 3.63) is 55.9 Å². The Hall–Kier alpha value is -1.33. The van der Waals surface area contributed by atoms with Gasteiger partial charge in [0.25, 0.3) is 5.56 Å². The van der Waals surface area contributed by atoms with Crippen LogP contribution in [0.2, 0.25) is 5.02 Å². The van der Waals surface area contributed by atoms with Gasteiger partial charge in [0, 0.05) is 5.02 Å². The Labute approximate surface area is 111 Å². The van der Waals surface area contributed by atoms with E-state index in [0.717, 1.165) is 5.56 Å². The third-order valence-corrected chi connectivity index (χ3v) is 3.36. The summed E-state index contributed by atoms with van der Waals surface area (Å²) in [6, 6.07) is 7.21. The van der Waals surface area contributed by atoms with Gasteiger partial charge in [-0.05, 0) is 27.6 Å². The molecule has 17 heavy (non-hydrogen) atoms. The molecule has 0 aliphatic heterocycles. The lowest BCUT2D eigenvalue weighted by molar-refractivity contribution is 0.457. The first kappa shape index (κ1) is 12.1. The van der Waals surface area contributed by atoms with Gasteiger partial charge in [0.1, 0.15) is 4.47 Å². The number of rotatable bonds is 2. The normalized spacial score (nSPS) is 10.5. The van der Waals surface area contributed by atoms with Gasteiger partial charge in [0.15, 0.2) is 5.75 Å². The van der Waals surface area contributed by atoms with E-state index in [0.29, 0.717) is 5.02 Å². The zero-order chi connectivity index (χ0) is 12.4. The van der Waals surface area contributed by atoms with E-state index in [2.05, 4.69) is 21.0 Å². The third-order valence-electron chi connectivity index (χ3n) is 2.24. The van der Waals surface area contributed by atoms with E-state index in [1.165, 1.54) is 10.9 Å². The Bertz CT molecular complexity index is 613. The topological polar surface area (TPSA) is 55.1 Å². The van der Waals surface area contributed by atoms with Crippen LogP contribution in [0.3, 0.4) is 0 Å². The molecule has 1 aromatic carbocycles. The lowest BCUT2D eigenvalue weighted by Crippen LogP contribution is -2.23. The SMILES string of the molecule is O=c1c(Br)c(O)cnn1Cc1ccccc1Cl. The molecule has 6 heteroatoms. The maximum Gasteiger partial charge on any atom is 0.285 e. The second-order valence-corrected chi connectivity index (χ2v) is 4.60. The molecule has 0 aliphatic carbocycles. The molecule has 1 heterocycles. The predicted molar refractivity (Wildman–Crippen MR) is 68.4 cm³/mol. The van der Waals surface area contributed by atoms with Gasteiger partial charge in [0.2, 0.25) is 0 Å². The van der Waals surface area contributed by atoms with Gasteiger partial charge in [-0.25, -0.2) is 4.68 Å². The summed E-state index contributed by atoms with van der Waals surface area (Å²) in [5.74, 6) is -0.176. The number of hydrogen-bond acceptors (Lipinski definition) is 3. The minimum absolute atomic E-state index is 0.0968. The fraction of sp³-hybridized carbons (Fsp3) is 0.0909. The molecular formula is C11H8BrClN2O2. The highest BCUT2D eigenvalue weighted by Crippen LogP contribution is 2.18. The summed E-state index contributed by atoms with van der Waals surface area (Å²) < 4.78 is 1.32. The number of halogens is 2. The van der Waals surface area contributed by atoms with Crippen LogP contribution in [0.1, 0.15) is 5.56 Å². The highest BCUT2D eigenvalue weighted by Gasteiger charge is 2.09. The molecule has 4 nitrogen and oxygen atoms in total. The van der Waals surface area contributed by atoms with Gasteiger partial charge in [-0.15, -0.1) is 0 Å². The van der Waals surface area contributed by atoms with Crippen molar-refractivity contribution in [3.63, 3.8) is 0 Å². The van der Waals surface area contributed by atoms with E-state index in [1.807, 2.05) is 18.2 Å². The van der Waals surface area contributed by atoms with Gasteiger partial charge < -0.3 is 5.11 Å². The zero-order valence-corrected chi connectivity index (χ0v) is 10.9. The quantitative estimate of drug-likeness (QED) is 0.926. The van der Waals surface area contributed by atoms with Crippen molar-refractivity contribution in [1.29, 1.82) is 0 Å². The molecule has 88 valence electrons. The number of aromatic nitrogens is 2. The first-order chi connectivity index (χ1) is 8.09. The van der Waals surface area contributed by atoms with Crippen LogP contribution in [-0.4, -0.2) is 14.9 Å². The minimum Gasteiger partial charge on any atom is -0.505 e. The van der Waals surface area contributed by atoms with E-state index in [9.17, 15) is 9.90 Å². The van der Waals surface area contributed by atoms with Crippen molar-refractivity contribution in [1.82, 2.24) is 9.78 Å². The summed E-state index contributed by atoms with van der Waals surface area (Å²) in [6.45, 7) is 0.261. The van der Waals surface area contributed by atoms with Crippen LogP contribution in [-0.2, 0) is 6.54 Å². The van der Waals surface area contributed by atoms with E-state index in [-0.39, 0.29) is 16.8 Å². The van der Waals surface area contributed by atoms with Crippen LogP contribution in [0.5, 0.6) is 5.75 Å². The summed E-state index contributed by atoms with van der Waals surface area (Å²) in [5, 5.41) is 13.7. The maximum absolute atomic E-state index is 11.8. The van der Waals surface area contributed by atoms with Gasteiger partial charge in [-0.2, -0.15) is 5.10 Å². The standard InChI is InChI=1S/C11H8BrClN2O2/c12-10-9(16)5-14-15(11(10)17)6-7-3-1-2-4-8(7)13/h1-5,16H,6H2. The molecule has 0 saturated heterocycles. The molecule has 0 amide bonds. The molecule has 0 radical (unpaired) electrons. The van der Waals surface area contributed by atoms with Crippen LogP contribution in [0.4, 0.5) is 0 Å². The molecule has 0 atom stereocenters. The molecule has 0 saturated carbocycles. The van der Waals surface area contributed by atoms with Crippen LogP contribution >= 0.6 is 27.5 Å². The summed E-state index contributed by atoms with van der Waals surface area (Å²) >= 11 is 9.00. The van der Waals surface area contributed by atoms with Crippen molar-refractivity contribution >= 4 is 27.5 Å². The van der Waals surface area contributed by atoms with Gasteiger partial charge in [-0.3, -0.25) is 4.79 Å². The Morgan fingerprint density at radius 1 is 1.41 bits per heavy atom. The van der Waals surface area contributed by atoms with Crippen LogP contribution < -0.4 is 5.56 Å². The molecule has 0 spiro atoms. The van der Waals surface area contributed by atoms with E-state index in [4.69, 9.17) is 11.6 Å². The van der Waals surface area contributed by atoms with Crippen LogP contribution in [0.25, 0.3) is 0 Å². The van der Waals surface area contributed by atoms with Gasteiger partial charge in [-0.1, -0.05) is 29.8 Å². The summed E-state index contributed by atoms with van der Waals surface area (Å²) in [7, 11) is 0. The molecule has 0 aliphatic rings. The minimum atomic E-state index is -0.398. The average molecular weight is 316 g/mol. The summed E-state index contributed by atoms with van der Waals surface area (Å²) in [6.07, 6.45) is 1.21. The third kappa shape index (κ3) is 2.50. The van der Waals surface area contributed by atoms with Crippen LogP contribution in [0.15, 0.2) is 39.7 Å². The highest BCUT2D eigenvalue weighted by atomic mass is 79.9. The molecule has 0 fully saturated rings. The molecule has 0 bridgehead atoms. The largest absolute Gasteiger partial charge is 0.505 e. The number of nitrogens with zero attached hydrogens (tertiary/aromatic N) is 2. The molecule has 1 aromatic heterocycles. The summed E-state index contributed by atoms with van der Waals surface area (Å²) in [5.41, 5.74) is 0.395. The van der Waals surface area contributed by atoms with Crippen molar-refractivity contribution in [3.8, 4) is 5.75 Å². The Balaban J connectivity index is 2.41. The highest BCUT2D eigenvalue weighted by molar-refractivity contribution is 9.10. The smallest absolute Gasteiger partial charge is 0.285 e. The summed E-state index contributed by atoms with van der Waals surface area (Å²) in [4.78, 5) is 11.8. The second-order valence-electron chi connectivity index (χ2n) is 3.40. The average Bonchev–Trinajstić information content (AvgIpc) is 2.32. The van der Waals surface area contributed by atoms with Gasteiger partial charge in [0.05, 0.1) is 12.7 Å². The molecule has 2 aromatic rings. The Morgan fingerprint density at radius 2 is 2.12 bits per heavy atom. The fourth-order valence-electron chi connectivity index (χ4n) is 1.36. The lowest BCUT2D eigenvalue weighted by atomic mass is 10.2. The van der Waals surface area contributed by atoms with Crippen molar-refractivity contribution < 1.29 is 5.11 Å². The number of aromatic hydroxyl groups is 1. The van der Waals surface area contributed by atoms with Crippen molar-refractivity contribution in [2.75, 3.05) is 0 Å². The van der Waals surface area contributed by atoms with Crippen molar-refractivity contribution in [2.45, 2.75) is 6.54 Å². The first-order valence-electron chi connectivity index (χ1n) is 4.77. The molecule has 0 unspecified atom stereocenters. The van der Waals surface area contributed by atoms with E-state index < -0.39 is 5.56 Å². The van der Waals surface area contributed by atoms with Crippen LogP contribution in [0, 0.1) is 0 Å². The van der Waals surface area contributed by atoms with Crippen molar-refractivity contribution in [2.24, 2.45) is 0 Å². The molecular weight excluding hydrogens is 307 g/mol. The van der Waals surface area contributed by atoms with Gasteiger partial charge >= 0.3 is 0 Å². The fourth-order valence-corrected chi connectivity index (χ4v) is 1.86. The lowest BCUT2D eigenvalue weighted by Gasteiger charge is -2.07. The first-order valence-corrected chi connectivity index (χ1v) is 5.94. The second kappa shape index (κ2) is 4.89. The zero-order valence-electron chi connectivity index (χ0n) is 8.60. The molecule has 1 N–H and O–H groups in total. The van der Waals surface area contributed by atoms with E-state index >= 15 is 0 Å². The monoisotopic (exact) mass is 314 g/mol.